The van der Waals surface area contributed by atoms with Crippen LogP contribution in [0, 0.1) is 0 Å². The average Bonchev–Trinajstić information content (AvgIpc) is 2.02. The highest BCUT2D eigenvalue weighted by Crippen LogP contribution is 2.34. The van der Waals surface area contributed by atoms with Crippen LogP contribution in [0.1, 0.15) is 11.5 Å². The molecule has 1 rings (SSSR count). The maximum absolute atomic E-state index is 12.2. The number of carbonyl (C=O) groups is 1. The van der Waals surface area contributed by atoms with Crippen molar-refractivity contribution in [3.63, 3.8) is 0 Å². The molecule has 0 aliphatic rings. The van der Waals surface area contributed by atoms with Crippen LogP contribution < -0.4 is 0 Å². The lowest BCUT2D eigenvalue weighted by atomic mass is 10.0. The Balaban J connectivity index is 3.07. The van der Waals surface area contributed by atoms with E-state index in [-0.39, 0.29) is 17.6 Å². The van der Waals surface area contributed by atoms with E-state index in [4.69, 9.17) is 5.11 Å². The van der Waals surface area contributed by atoms with Crippen LogP contribution in [-0.2, 0) is 4.79 Å². The number of halogens is 3. The Morgan fingerprint density at radius 3 is 2.43 bits per heavy atom. The topological polar surface area (TPSA) is 37.3 Å². The molecule has 14 heavy (non-hydrogen) atoms. The largest absolute Gasteiger partial charge is 0.508 e. The van der Waals surface area contributed by atoms with E-state index in [1.807, 2.05) is 0 Å². The molecule has 0 spiro atoms. The van der Waals surface area contributed by atoms with Crippen LogP contribution in [0.5, 0.6) is 5.75 Å². The Bertz CT molecular complexity index is 333. The van der Waals surface area contributed by atoms with Gasteiger partial charge in [-0.3, -0.25) is 0 Å². The molecule has 5 heteroatoms. The van der Waals surface area contributed by atoms with E-state index in [1.165, 1.54) is 12.1 Å². The Morgan fingerprint density at radius 1 is 1.36 bits per heavy atom. The summed E-state index contributed by atoms with van der Waals surface area (Å²) < 4.78 is 36.7. The summed E-state index contributed by atoms with van der Waals surface area (Å²) in [5, 5.41) is 8.94. The number of aromatic hydroxyl groups is 1. The van der Waals surface area contributed by atoms with Gasteiger partial charge in [-0.1, -0.05) is 12.1 Å². The minimum Gasteiger partial charge on any atom is -0.508 e. The molecule has 0 aromatic heterocycles. The molecule has 0 amide bonds. The molecule has 1 unspecified atom stereocenters. The first-order chi connectivity index (χ1) is 6.45. The summed E-state index contributed by atoms with van der Waals surface area (Å²) in [6.07, 6.45) is -4.80. The van der Waals surface area contributed by atoms with E-state index in [0.717, 1.165) is 12.1 Å². The standard InChI is InChI=1S/C9H7F3O2/c10-9(11,12)8(5-13)6-2-1-3-7(14)4-6/h1-5,8,14H. The molecule has 0 saturated carbocycles. The second kappa shape index (κ2) is 3.69. The van der Waals surface area contributed by atoms with Gasteiger partial charge >= 0.3 is 6.18 Å². The van der Waals surface area contributed by atoms with Crippen molar-refractivity contribution in [1.82, 2.24) is 0 Å². The van der Waals surface area contributed by atoms with Crippen LogP contribution in [0.15, 0.2) is 24.3 Å². The van der Waals surface area contributed by atoms with Crippen LogP contribution in [0.3, 0.4) is 0 Å². The Kier molecular flexibility index (Phi) is 2.78. The van der Waals surface area contributed by atoms with Gasteiger partial charge in [-0.15, -0.1) is 0 Å². The number of alkyl halides is 3. The van der Waals surface area contributed by atoms with Crippen LogP contribution in [0.25, 0.3) is 0 Å². The molecule has 0 aliphatic heterocycles. The van der Waals surface area contributed by atoms with Gasteiger partial charge in [-0.25, -0.2) is 0 Å². The zero-order valence-electron chi connectivity index (χ0n) is 6.95. The normalized spacial score (nSPS) is 13.6. The highest BCUT2D eigenvalue weighted by molar-refractivity contribution is 5.63. The molecule has 0 radical (unpaired) electrons. The molecule has 0 heterocycles. The highest BCUT2D eigenvalue weighted by Gasteiger charge is 2.40. The molecule has 0 bridgehead atoms. The lowest BCUT2D eigenvalue weighted by molar-refractivity contribution is -0.155. The van der Waals surface area contributed by atoms with Crippen LogP contribution in [0.2, 0.25) is 0 Å². The molecule has 1 atom stereocenters. The fourth-order valence-electron chi connectivity index (χ4n) is 1.06. The van der Waals surface area contributed by atoms with Gasteiger partial charge in [0.25, 0.3) is 0 Å². The second-order valence-electron chi connectivity index (χ2n) is 2.75. The third kappa shape index (κ3) is 2.25. The molecule has 2 nitrogen and oxygen atoms in total. The number of carbonyl (C=O) groups excluding carboxylic acids is 1. The summed E-state index contributed by atoms with van der Waals surface area (Å²) >= 11 is 0. The summed E-state index contributed by atoms with van der Waals surface area (Å²) in [6, 6.07) is 4.56. The first-order valence-corrected chi connectivity index (χ1v) is 3.76. The molecular weight excluding hydrogens is 197 g/mol. The number of benzene rings is 1. The van der Waals surface area contributed by atoms with Gasteiger partial charge in [0, 0.05) is 0 Å². The zero-order valence-corrected chi connectivity index (χ0v) is 6.95. The summed E-state index contributed by atoms with van der Waals surface area (Å²) in [7, 11) is 0. The van der Waals surface area contributed by atoms with E-state index in [1.54, 1.807) is 0 Å². The van der Waals surface area contributed by atoms with Gasteiger partial charge < -0.3 is 9.90 Å². The first-order valence-electron chi connectivity index (χ1n) is 3.76. The van der Waals surface area contributed by atoms with Crippen LogP contribution in [-0.4, -0.2) is 17.6 Å². The number of hydrogen-bond acceptors (Lipinski definition) is 2. The lowest BCUT2D eigenvalue weighted by Gasteiger charge is -2.14. The maximum atomic E-state index is 12.2. The predicted octanol–water partition coefficient (Wildman–Crippen LogP) is 2.24. The number of phenolic OH excluding ortho intramolecular Hbond substituents is 1. The molecular formula is C9H7F3O2. The quantitative estimate of drug-likeness (QED) is 0.750. The molecule has 1 aromatic carbocycles. The summed E-state index contributed by atoms with van der Waals surface area (Å²) in [5.41, 5.74) is -0.257. The van der Waals surface area contributed by atoms with Gasteiger partial charge in [-0.05, 0) is 17.7 Å². The molecule has 0 fully saturated rings. The van der Waals surface area contributed by atoms with Gasteiger partial charge in [-0.2, -0.15) is 13.2 Å². The third-order valence-corrected chi connectivity index (χ3v) is 1.72. The van der Waals surface area contributed by atoms with Gasteiger partial charge in [0.2, 0.25) is 0 Å². The summed E-state index contributed by atoms with van der Waals surface area (Å²) in [4.78, 5) is 10.3. The Hall–Kier alpha value is -1.52. The smallest absolute Gasteiger partial charge is 0.402 e. The van der Waals surface area contributed by atoms with Crippen molar-refractivity contribution < 1.29 is 23.1 Å². The fourth-order valence-corrected chi connectivity index (χ4v) is 1.06. The fraction of sp³-hybridized carbons (Fsp3) is 0.222. The number of rotatable bonds is 2. The third-order valence-electron chi connectivity index (χ3n) is 1.72. The second-order valence-corrected chi connectivity index (χ2v) is 2.75. The number of hydrogen-bond donors (Lipinski definition) is 1. The van der Waals surface area contributed by atoms with Crippen molar-refractivity contribution in [2.24, 2.45) is 0 Å². The lowest BCUT2D eigenvalue weighted by Crippen LogP contribution is -2.21. The minimum absolute atomic E-state index is 0.186. The van der Waals surface area contributed by atoms with Gasteiger partial charge in [0.05, 0.1) is 0 Å². The van der Waals surface area contributed by atoms with Crippen molar-refractivity contribution in [1.29, 1.82) is 0 Å². The maximum Gasteiger partial charge on any atom is 0.402 e. The Labute approximate surface area is 78.0 Å². The molecule has 0 aliphatic carbocycles. The predicted molar refractivity (Wildman–Crippen MR) is 43.0 cm³/mol. The van der Waals surface area contributed by atoms with Crippen molar-refractivity contribution in [3.05, 3.63) is 29.8 Å². The van der Waals surface area contributed by atoms with Crippen molar-refractivity contribution in [2.75, 3.05) is 0 Å². The van der Waals surface area contributed by atoms with E-state index in [0.29, 0.717) is 0 Å². The molecule has 0 saturated heterocycles. The van der Waals surface area contributed by atoms with E-state index in [2.05, 4.69) is 0 Å². The molecule has 1 aromatic rings. The van der Waals surface area contributed by atoms with Crippen molar-refractivity contribution >= 4 is 6.29 Å². The molecule has 1 N–H and O–H groups in total. The molecule has 76 valence electrons. The van der Waals surface area contributed by atoms with Gasteiger partial charge in [0.15, 0.2) is 0 Å². The average molecular weight is 204 g/mol. The number of phenols is 1. The summed E-state index contributed by atoms with van der Waals surface area (Å²) in [6.45, 7) is 0. The monoisotopic (exact) mass is 204 g/mol. The van der Waals surface area contributed by atoms with Crippen molar-refractivity contribution in [2.45, 2.75) is 12.1 Å². The van der Waals surface area contributed by atoms with Crippen molar-refractivity contribution in [3.8, 4) is 5.75 Å². The minimum atomic E-state index is -4.62. The summed E-state index contributed by atoms with van der Waals surface area (Å²) in [5.74, 6) is -2.46. The van der Waals surface area contributed by atoms with E-state index in [9.17, 15) is 18.0 Å². The van der Waals surface area contributed by atoms with Gasteiger partial charge in [0.1, 0.15) is 18.0 Å². The first kappa shape index (κ1) is 10.6. The SMILES string of the molecule is O=CC(c1cccc(O)c1)C(F)(F)F. The number of aldehydes is 1. The van der Waals surface area contributed by atoms with Crippen LogP contribution >= 0.6 is 0 Å². The zero-order chi connectivity index (χ0) is 10.8. The van der Waals surface area contributed by atoms with Crippen LogP contribution in [0.4, 0.5) is 13.2 Å². The Morgan fingerprint density at radius 2 is 2.00 bits per heavy atom. The van der Waals surface area contributed by atoms with E-state index >= 15 is 0 Å². The highest BCUT2D eigenvalue weighted by atomic mass is 19.4. The van der Waals surface area contributed by atoms with E-state index < -0.39 is 12.1 Å².